The van der Waals surface area contributed by atoms with E-state index in [0.29, 0.717) is 60.7 Å². The van der Waals surface area contributed by atoms with Crippen molar-refractivity contribution in [3.8, 4) is 23.0 Å². The number of anilines is 1. The van der Waals surface area contributed by atoms with Gasteiger partial charge in [0.05, 0.1) is 24.3 Å². The minimum absolute atomic E-state index is 0.0505. The molecule has 0 unspecified atom stereocenters. The highest BCUT2D eigenvalue weighted by molar-refractivity contribution is 5.93. The SMILES string of the molecule is Cn1nc(-c2ccc(OCc3ccccc3)nc2OCc2ccccc2)c2ccc(N[C@@H]3CCN(C(=O)O)C[C@H]3O)nc21. The minimum Gasteiger partial charge on any atom is -0.473 e. The molecule has 0 spiro atoms. The number of carboxylic acid groups (broad SMARTS) is 1. The summed E-state index contributed by atoms with van der Waals surface area (Å²) in [4.78, 5) is 22.0. The standard InChI is InChI=1S/C32H32N6O5/c1-37-30-23(12-14-27(34-30)33-25-16-17-38(32(40)41)18-26(25)39)29(36-37)24-13-15-28(42-19-21-8-4-2-5-9-21)35-31(24)43-20-22-10-6-3-7-11-22/h2-15,25-26,39H,16-20H2,1H3,(H,33,34)(H,40,41)/t25-,26-/m1/s1. The zero-order valence-corrected chi connectivity index (χ0v) is 23.6. The average molecular weight is 581 g/mol. The number of carbonyl (C=O) groups is 1. The van der Waals surface area contributed by atoms with E-state index in [2.05, 4.69) is 5.32 Å². The first-order valence-electron chi connectivity index (χ1n) is 14.1. The lowest BCUT2D eigenvalue weighted by Gasteiger charge is -2.34. The summed E-state index contributed by atoms with van der Waals surface area (Å²) in [6, 6.07) is 26.9. The van der Waals surface area contributed by atoms with Gasteiger partial charge in [-0.25, -0.2) is 14.5 Å². The normalized spacial score (nSPS) is 16.7. The number of hydrogen-bond donors (Lipinski definition) is 3. The van der Waals surface area contributed by atoms with Gasteiger partial charge in [0.2, 0.25) is 11.8 Å². The molecule has 4 heterocycles. The van der Waals surface area contributed by atoms with Gasteiger partial charge in [-0.05, 0) is 35.7 Å². The summed E-state index contributed by atoms with van der Waals surface area (Å²) in [6.07, 6.45) is -1.41. The van der Waals surface area contributed by atoms with Crippen LogP contribution in [-0.2, 0) is 20.3 Å². The molecule has 1 aliphatic rings. The first-order valence-corrected chi connectivity index (χ1v) is 14.1. The molecular weight excluding hydrogens is 548 g/mol. The highest BCUT2D eigenvalue weighted by Gasteiger charge is 2.30. The molecule has 0 radical (unpaired) electrons. The van der Waals surface area contributed by atoms with Gasteiger partial charge in [-0.3, -0.25) is 0 Å². The van der Waals surface area contributed by atoms with Crippen LogP contribution in [-0.4, -0.2) is 66.2 Å². The van der Waals surface area contributed by atoms with E-state index in [4.69, 9.17) is 24.5 Å². The van der Waals surface area contributed by atoms with Crippen LogP contribution in [0.25, 0.3) is 22.3 Å². The van der Waals surface area contributed by atoms with Crippen molar-refractivity contribution >= 4 is 22.9 Å². The summed E-state index contributed by atoms with van der Waals surface area (Å²) < 4.78 is 13.9. The van der Waals surface area contributed by atoms with Crippen molar-refractivity contribution < 1.29 is 24.5 Å². The number of hydrogen-bond acceptors (Lipinski definition) is 8. The summed E-state index contributed by atoms with van der Waals surface area (Å²) >= 11 is 0. The Labute approximate surface area is 248 Å². The quantitative estimate of drug-likeness (QED) is 0.226. The molecule has 3 aromatic heterocycles. The molecule has 0 bridgehead atoms. The van der Waals surface area contributed by atoms with Crippen molar-refractivity contribution in [3.63, 3.8) is 0 Å². The summed E-state index contributed by atoms with van der Waals surface area (Å²) in [5, 5.41) is 28.6. The Balaban J connectivity index is 1.27. The van der Waals surface area contributed by atoms with Crippen molar-refractivity contribution in [2.75, 3.05) is 18.4 Å². The molecule has 1 fully saturated rings. The third kappa shape index (κ3) is 6.36. The second-order valence-electron chi connectivity index (χ2n) is 10.4. The number of amides is 1. The first-order chi connectivity index (χ1) is 20.9. The molecule has 1 saturated heterocycles. The third-order valence-electron chi connectivity index (χ3n) is 7.41. The largest absolute Gasteiger partial charge is 0.473 e. The monoisotopic (exact) mass is 580 g/mol. The number of rotatable bonds is 9. The molecule has 1 aliphatic heterocycles. The van der Waals surface area contributed by atoms with E-state index in [1.165, 1.54) is 4.90 Å². The molecule has 3 N–H and O–H groups in total. The van der Waals surface area contributed by atoms with Crippen molar-refractivity contribution in [2.45, 2.75) is 31.8 Å². The number of pyridine rings is 2. The van der Waals surface area contributed by atoms with E-state index >= 15 is 0 Å². The Kier molecular flexibility index (Phi) is 8.05. The molecule has 1 amide bonds. The van der Waals surface area contributed by atoms with Gasteiger partial charge < -0.3 is 29.9 Å². The molecule has 220 valence electrons. The Bertz CT molecular complexity index is 1710. The fourth-order valence-electron chi connectivity index (χ4n) is 5.13. The second kappa shape index (κ2) is 12.4. The maximum atomic E-state index is 11.3. The highest BCUT2D eigenvalue weighted by Crippen LogP contribution is 2.35. The van der Waals surface area contributed by atoms with E-state index in [1.54, 1.807) is 4.68 Å². The molecule has 11 nitrogen and oxygen atoms in total. The van der Waals surface area contributed by atoms with Crippen LogP contribution in [0, 0.1) is 0 Å². The zero-order valence-electron chi connectivity index (χ0n) is 23.6. The van der Waals surface area contributed by atoms with Crippen LogP contribution in [0.3, 0.4) is 0 Å². The van der Waals surface area contributed by atoms with Gasteiger partial charge in [0.1, 0.15) is 24.7 Å². The molecule has 6 rings (SSSR count). The lowest BCUT2D eigenvalue weighted by atomic mass is 10.0. The molecule has 5 aromatic rings. The number of nitrogens with zero attached hydrogens (tertiary/aromatic N) is 5. The predicted molar refractivity (Wildman–Crippen MR) is 161 cm³/mol. The second-order valence-corrected chi connectivity index (χ2v) is 10.4. The molecule has 0 aliphatic carbocycles. The molecule has 0 saturated carbocycles. The summed E-state index contributed by atoms with van der Waals surface area (Å²) in [5.41, 5.74) is 4.04. The van der Waals surface area contributed by atoms with Crippen LogP contribution in [0.1, 0.15) is 17.5 Å². The molecule has 2 atom stereocenters. The van der Waals surface area contributed by atoms with E-state index in [9.17, 15) is 15.0 Å². The Morgan fingerprint density at radius 3 is 2.30 bits per heavy atom. The van der Waals surface area contributed by atoms with Crippen LogP contribution in [0.5, 0.6) is 11.8 Å². The summed E-state index contributed by atoms with van der Waals surface area (Å²) in [6.45, 7) is 1.09. The van der Waals surface area contributed by atoms with Crippen molar-refractivity contribution in [1.82, 2.24) is 24.6 Å². The maximum Gasteiger partial charge on any atom is 0.407 e. The molecule has 43 heavy (non-hydrogen) atoms. The Hall–Kier alpha value is -5.16. The number of aryl methyl sites for hydroxylation is 1. The number of ether oxygens (including phenoxy) is 2. The highest BCUT2D eigenvalue weighted by atomic mass is 16.5. The number of nitrogens with one attached hydrogen (secondary N) is 1. The van der Waals surface area contributed by atoms with Crippen molar-refractivity contribution in [2.24, 2.45) is 7.05 Å². The van der Waals surface area contributed by atoms with Crippen LogP contribution in [0.15, 0.2) is 84.9 Å². The fraction of sp³-hybridized carbons (Fsp3) is 0.250. The Morgan fingerprint density at radius 2 is 1.63 bits per heavy atom. The van der Waals surface area contributed by atoms with Gasteiger partial charge in [0.25, 0.3) is 0 Å². The van der Waals surface area contributed by atoms with Crippen LogP contribution < -0.4 is 14.8 Å². The number of aromatic nitrogens is 4. The van der Waals surface area contributed by atoms with Gasteiger partial charge in [-0.1, -0.05) is 60.7 Å². The van der Waals surface area contributed by atoms with E-state index < -0.39 is 12.2 Å². The number of β-amino-alcohol motifs (C(OH)–C–C–N with tert-alkyl or cyclic N) is 1. The molecular formula is C32H32N6O5. The predicted octanol–water partition coefficient (Wildman–Crippen LogP) is 4.71. The van der Waals surface area contributed by atoms with Crippen molar-refractivity contribution in [1.29, 1.82) is 0 Å². The number of aliphatic hydroxyl groups is 1. The summed E-state index contributed by atoms with van der Waals surface area (Å²) in [7, 11) is 1.82. The number of fused-ring (bicyclic) bond motifs is 1. The molecule has 2 aromatic carbocycles. The molecule has 11 heteroatoms. The maximum absolute atomic E-state index is 11.3. The lowest BCUT2D eigenvalue weighted by Crippen LogP contribution is -2.51. The Morgan fingerprint density at radius 1 is 0.930 bits per heavy atom. The van der Waals surface area contributed by atoms with Gasteiger partial charge >= 0.3 is 6.09 Å². The smallest absolute Gasteiger partial charge is 0.407 e. The topological polar surface area (TPSA) is 135 Å². The van der Waals surface area contributed by atoms with E-state index in [-0.39, 0.29) is 12.6 Å². The van der Waals surface area contributed by atoms with E-state index in [0.717, 1.165) is 16.5 Å². The third-order valence-corrected chi connectivity index (χ3v) is 7.41. The van der Waals surface area contributed by atoms with Crippen LogP contribution in [0.2, 0.25) is 0 Å². The lowest BCUT2D eigenvalue weighted by molar-refractivity contribution is 0.0574. The number of piperidine rings is 1. The fourth-order valence-corrected chi connectivity index (χ4v) is 5.13. The van der Waals surface area contributed by atoms with Crippen LogP contribution >= 0.6 is 0 Å². The zero-order chi connectivity index (χ0) is 29.8. The van der Waals surface area contributed by atoms with E-state index in [1.807, 2.05) is 92.0 Å². The first kappa shape index (κ1) is 28.0. The average Bonchev–Trinajstić information content (AvgIpc) is 3.36. The van der Waals surface area contributed by atoms with Gasteiger partial charge in [0, 0.05) is 25.0 Å². The summed E-state index contributed by atoms with van der Waals surface area (Å²) in [5.74, 6) is 1.40. The van der Waals surface area contributed by atoms with Crippen LogP contribution in [0.4, 0.5) is 10.6 Å². The van der Waals surface area contributed by atoms with Crippen molar-refractivity contribution in [3.05, 3.63) is 96.1 Å². The minimum atomic E-state index is -1.03. The number of likely N-dealkylation sites (tertiary alicyclic amines) is 1. The number of benzene rings is 2. The van der Waals surface area contributed by atoms with Gasteiger partial charge in [0.15, 0.2) is 5.65 Å². The van der Waals surface area contributed by atoms with Gasteiger partial charge in [-0.2, -0.15) is 10.1 Å². The van der Waals surface area contributed by atoms with Gasteiger partial charge in [-0.15, -0.1) is 0 Å². The number of aliphatic hydroxyl groups excluding tert-OH is 1.